The van der Waals surface area contributed by atoms with Crippen molar-refractivity contribution in [2.75, 3.05) is 12.5 Å². The van der Waals surface area contributed by atoms with E-state index < -0.39 is 9.21 Å². The van der Waals surface area contributed by atoms with Crippen LogP contribution in [-0.2, 0) is 0 Å². The molecule has 0 amide bonds. The van der Waals surface area contributed by atoms with Crippen molar-refractivity contribution in [1.82, 2.24) is 0 Å². The molecule has 0 atom stereocenters. The van der Waals surface area contributed by atoms with E-state index in [1.165, 1.54) is 24.2 Å². The second-order valence-electron chi connectivity index (χ2n) is 3.80. The highest BCUT2D eigenvalue weighted by Gasteiger charge is 1.94. The van der Waals surface area contributed by atoms with Crippen molar-refractivity contribution in [3.8, 4) is 0 Å². The maximum Gasteiger partial charge on any atom is -0.00610 e. The van der Waals surface area contributed by atoms with E-state index in [0.717, 1.165) is 0 Å². The Bertz CT molecular complexity index is 281. The monoisotopic (exact) mass is 232 g/mol. The number of allylic oxidation sites excluding steroid dienone is 2. The summed E-state index contributed by atoms with van der Waals surface area (Å²) in [5.74, 6) is 0. The third-order valence-corrected chi connectivity index (χ3v) is 6.48. The maximum absolute atomic E-state index is 2.41. The summed E-state index contributed by atoms with van der Waals surface area (Å²) in [5, 5.41) is 2.33. The van der Waals surface area contributed by atoms with E-state index in [2.05, 4.69) is 49.4 Å². The van der Waals surface area contributed by atoms with Gasteiger partial charge in [0, 0.05) is 0 Å². The van der Waals surface area contributed by atoms with E-state index in [-0.39, 0.29) is 0 Å². The van der Waals surface area contributed by atoms with Crippen molar-refractivity contribution in [2.24, 2.45) is 0 Å². The molecule has 0 saturated heterocycles. The molecule has 14 heavy (non-hydrogen) atoms. The van der Waals surface area contributed by atoms with Gasteiger partial charge < -0.3 is 0 Å². The van der Waals surface area contributed by atoms with E-state index in [1.807, 2.05) is 11.8 Å². The van der Waals surface area contributed by atoms with Gasteiger partial charge in [-0.15, -0.1) is 0 Å². The van der Waals surface area contributed by atoms with Crippen LogP contribution >= 0.6 is 21.0 Å². The van der Waals surface area contributed by atoms with Crippen molar-refractivity contribution in [3.05, 3.63) is 11.0 Å². The molecule has 0 nitrogen and oxygen atoms in total. The first-order valence-corrected chi connectivity index (χ1v) is 8.69. The molecule has 0 radical (unpaired) electrons. The number of rotatable bonds is 5. The molecule has 0 heterocycles. The van der Waals surface area contributed by atoms with Gasteiger partial charge in [-0.05, 0) is 48.8 Å². The van der Waals surface area contributed by atoms with Gasteiger partial charge in [-0.1, -0.05) is 36.5 Å². The van der Waals surface area contributed by atoms with Gasteiger partial charge in [0.25, 0.3) is 0 Å². The standard InChI is InChI=1S/C12H24S2/c1-6-9-10-12(7-2)13-11-14(4,5)8-3/h7-8,11H,6,9-10H2,1-5H3. The Labute approximate surface area is 94.7 Å². The van der Waals surface area contributed by atoms with Crippen LogP contribution in [0.25, 0.3) is 0 Å². The average molecular weight is 232 g/mol. The lowest BCUT2D eigenvalue weighted by molar-refractivity contribution is 0.808. The highest BCUT2D eigenvalue weighted by molar-refractivity contribution is 8.40. The molecule has 0 aliphatic heterocycles. The summed E-state index contributed by atoms with van der Waals surface area (Å²) in [6.07, 6.45) is 10.7. The lowest BCUT2D eigenvalue weighted by Crippen LogP contribution is -1.81. The van der Waals surface area contributed by atoms with Crippen LogP contribution in [0, 0.1) is 0 Å². The fraction of sp³-hybridized carbons (Fsp3) is 0.667. The molecule has 0 spiro atoms. The highest BCUT2D eigenvalue weighted by Crippen LogP contribution is 2.24. The first-order valence-electron chi connectivity index (χ1n) is 5.23. The Kier molecular flexibility index (Phi) is 7.56. The number of thioether (sulfide) groups is 1. The SMILES string of the molecule is CC=C(CCCC)SC=S(C)(C)=CC. The summed E-state index contributed by atoms with van der Waals surface area (Å²) in [4.78, 5) is 1.52. The molecule has 0 bridgehead atoms. The Balaban J connectivity index is 4.30. The van der Waals surface area contributed by atoms with Crippen LogP contribution in [0.3, 0.4) is 0 Å². The van der Waals surface area contributed by atoms with Gasteiger partial charge >= 0.3 is 0 Å². The van der Waals surface area contributed by atoms with E-state index in [1.54, 1.807) is 0 Å². The van der Waals surface area contributed by atoms with Crippen LogP contribution in [0.2, 0.25) is 0 Å². The molecule has 0 aromatic rings. The quantitative estimate of drug-likeness (QED) is 0.631. The summed E-state index contributed by atoms with van der Waals surface area (Å²) in [6, 6.07) is 0. The zero-order valence-corrected chi connectivity index (χ0v) is 11.8. The first kappa shape index (κ1) is 14.2. The largest absolute Gasteiger partial charge is 0.205 e. The molecule has 0 N–H and O–H groups in total. The average Bonchev–Trinajstić information content (AvgIpc) is 2.18. The molecule has 2 heteroatoms. The zero-order valence-electron chi connectivity index (χ0n) is 10.2. The topological polar surface area (TPSA) is 0 Å². The van der Waals surface area contributed by atoms with Crippen molar-refractivity contribution in [1.29, 1.82) is 0 Å². The number of unbranched alkanes of at least 4 members (excludes halogenated alkanes) is 1. The lowest BCUT2D eigenvalue weighted by Gasteiger charge is -2.06. The van der Waals surface area contributed by atoms with Gasteiger partial charge in [0.1, 0.15) is 0 Å². The molecule has 0 rings (SSSR count). The minimum absolute atomic E-state index is 0.578. The third kappa shape index (κ3) is 6.61. The fourth-order valence-electron chi connectivity index (χ4n) is 0.864. The number of hydrogen-bond donors (Lipinski definition) is 0. The minimum Gasteiger partial charge on any atom is -0.205 e. The molecule has 0 aliphatic carbocycles. The second kappa shape index (κ2) is 7.47. The molecular formula is C12H24S2. The third-order valence-electron chi connectivity index (χ3n) is 2.15. The molecule has 0 saturated carbocycles. The van der Waals surface area contributed by atoms with Gasteiger partial charge in [0.2, 0.25) is 0 Å². The van der Waals surface area contributed by atoms with E-state index in [9.17, 15) is 0 Å². The summed E-state index contributed by atoms with van der Waals surface area (Å²) in [7, 11) is -0.578. The van der Waals surface area contributed by atoms with Gasteiger partial charge in [-0.25, -0.2) is 9.21 Å². The first-order chi connectivity index (χ1) is 6.55. The molecule has 0 aromatic heterocycles. The van der Waals surface area contributed by atoms with Crippen LogP contribution < -0.4 is 0 Å². The van der Waals surface area contributed by atoms with E-state index >= 15 is 0 Å². The van der Waals surface area contributed by atoms with Crippen molar-refractivity contribution >= 4 is 31.0 Å². The van der Waals surface area contributed by atoms with E-state index in [0.29, 0.717) is 0 Å². The van der Waals surface area contributed by atoms with Crippen molar-refractivity contribution < 1.29 is 0 Å². The van der Waals surface area contributed by atoms with Gasteiger partial charge in [-0.2, -0.15) is 0 Å². The second-order valence-corrected chi connectivity index (χ2v) is 8.77. The molecule has 84 valence electrons. The Morgan fingerprint density at radius 1 is 1.29 bits per heavy atom. The maximum atomic E-state index is 2.41. The van der Waals surface area contributed by atoms with E-state index in [4.69, 9.17) is 0 Å². The normalized spacial score (nSPS) is 12.8. The summed E-state index contributed by atoms with van der Waals surface area (Å²) >= 11 is 1.93. The smallest absolute Gasteiger partial charge is 0.00610 e. The molecule has 0 fully saturated rings. The van der Waals surface area contributed by atoms with Crippen molar-refractivity contribution in [2.45, 2.75) is 40.0 Å². The molecule has 0 unspecified atom stereocenters. The molecule has 0 aromatic carbocycles. The summed E-state index contributed by atoms with van der Waals surface area (Å²) < 4.78 is 2.41. The number of hydrogen-bond acceptors (Lipinski definition) is 1. The van der Waals surface area contributed by atoms with Crippen LogP contribution in [-0.4, -0.2) is 22.6 Å². The van der Waals surface area contributed by atoms with Gasteiger partial charge in [0.15, 0.2) is 0 Å². The fourth-order valence-corrected chi connectivity index (χ4v) is 3.19. The Hall–Kier alpha value is 0.180. The summed E-state index contributed by atoms with van der Waals surface area (Å²) in [6.45, 7) is 6.55. The zero-order chi connectivity index (χ0) is 11.0. The van der Waals surface area contributed by atoms with Crippen LogP contribution in [0.4, 0.5) is 0 Å². The van der Waals surface area contributed by atoms with Crippen LogP contribution in [0.1, 0.15) is 40.0 Å². The van der Waals surface area contributed by atoms with Crippen molar-refractivity contribution in [3.63, 3.8) is 0 Å². The van der Waals surface area contributed by atoms with Gasteiger partial charge in [0.05, 0.1) is 0 Å². The molecular weight excluding hydrogens is 208 g/mol. The predicted molar refractivity (Wildman–Crippen MR) is 78.1 cm³/mol. The lowest BCUT2D eigenvalue weighted by atomic mass is 10.2. The minimum atomic E-state index is -0.578. The Morgan fingerprint density at radius 3 is 2.36 bits per heavy atom. The van der Waals surface area contributed by atoms with Gasteiger partial charge in [-0.3, -0.25) is 0 Å². The van der Waals surface area contributed by atoms with Crippen LogP contribution in [0.5, 0.6) is 0 Å². The highest BCUT2D eigenvalue weighted by atomic mass is 32.2. The Morgan fingerprint density at radius 2 is 1.93 bits per heavy atom. The summed E-state index contributed by atoms with van der Waals surface area (Å²) in [5.41, 5.74) is 0. The van der Waals surface area contributed by atoms with Crippen LogP contribution in [0.15, 0.2) is 11.0 Å². The predicted octanol–water partition coefficient (Wildman–Crippen LogP) is 4.46. The molecule has 0 aliphatic rings.